The molecule has 0 heterocycles. The van der Waals surface area contributed by atoms with Crippen LogP contribution in [0.2, 0.25) is 0 Å². The van der Waals surface area contributed by atoms with Gasteiger partial charge in [0.05, 0.1) is 12.5 Å². The molecule has 2 amide bonds. The van der Waals surface area contributed by atoms with Gasteiger partial charge in [-0.15, -0.1) is 0 Å². The predicted octanol–water partition coefficient (Wildman–Crippen LogP) is 3.52. The first-order chi connectivity index (χ1) is 13.5. The monoisotopic (exact) mass is 406 g/mol. The Morgan fingerprint density at radius 1 is 1.03 bits per heavy atom. The minimum atomic E-state index is -0.603. The zero-order valence-corrected chi connectivity index (χ0v) is 18.3. The van der Waals surface area contributed by atoms with Gasteiger partial charge in [0.1, 0.15) is 5.60 Å². The molecule has 0 aliphatic rings. The van der Waals surface area contributed by atoms with Gasteiger partial charge in [-0.25, -0.2) is 4.79 Å². The number of rotatable bonds is 9. The maximum atomic E-state index is 12.0. The van der Waals surface area contributed by atoms with Gasteiger partial charge in [0, 0.05) is 6.54 Å². The van der Waals surface area contributed by atoms with Crippen LogP contribution in [0.4, 0.5) is 4.79 Å². The van der Waals surface area contributed by atoms with Crippen molar-refractivity contribution in [2.45, 2.75) is 66.0 Å². The molecule has 1 rings (SSSR count). The van der Waals surface area contributed by atoms with Crippen molar-refractivity contribution in [3.63, 3.8) is 0 Å². The van der Waals surface area contributed by atoms with Gasteiger partial charge in [0.25, 0.3) is 5.91 Å². The van der Waals surface area contributed by atoms with Crippen LogP contribution in [0.1, 0.15) is 65.1 Å². The summed E-state index contributed by atoms with van der Waals surface area (Å²) in [4.78, 5) is 35.2. The van der Waals surface area contributed by atoms with Gasteiger partial charge < -0.3 is 20.1 Å². The highest BCUT2D eigenvalue weighted by Crippen LogP contribution is 2.15. The molecule has 0 unspecified atom stereocenters. The molecular weight excluding hydrogens is 372 g/mol. The fourth-order valence-corrected chi connectivity index (χ4v) is 2.58. The van der Waals surface area contributed by atoms with E-state index in [4.69, 9.17) is 9.47 Å². The molecule has 0 saturated carbocycles. The Morgan fingerprint density at radius 3 is 2.21 bits per heavy atom. The van der Waals surface area contributed by atoms with Gasteiger partial charge in [-0.05, 0) is 51.2 Å². The molecule has 0 saturated heterocycles. The van der Waals surface area contributed by atoms with E-state index in [1.807, 2.05) is 19.1 Å². The Hall–Kier alpha value is -2.57. The highest BCUT2D eigenvalue weighted by molar-refractivity contribution is 5.81. The van der Waals surface area contributed by atoms with E-state index in [9.17, 15) is 14.4 Å². The summed E-state index contributed by atoms with van der Waals surface area (Å²) < 4.78 is 10.0. The second-order valence-corrected chi connectivity index (χ2v) is 8.47. The van der Waals surface area contributed by atoms with E-state index >= 15 is 0 Å². The van der Waals surface area contributed by atoms with Gasteiger partial charge in [0.15, 0.2) is 6.61 Å². The van der Waals surface area contributed by atoms with E-state index in [0.717, 1.165) is 12.0 Å². The molecule has 0 bridgehead atoms. The molecule has 1 aromatic rings. The second kappa shape index (κ2) is 11.4. The van der Waals surface area contributed by atoms with Crippen molar-refractivity contribution in [1.29, 1.82) is 0 Å². The third kappa shape index (κ3) is 11.1. The van der Waals surface area contributed by atoms with Crippen LogP contribution >= 0.6 is 0 Å². The van der Waals surface area contributed by atoms with Crippen LogP contribution in [-0.4, -0.2) is 36.7 Å². The van der Waals surface area contributed by atoms with Gasteiger partial charge in [-0.2, -0.15) is 0 Å². The number of carbonyl (C=O) groups is 3. The highest BCUT2D eigenvalue weighted by Gasteiger charge is 2.16. The molecule has 29 heavy (non-hydrogen) atoms. The summed E-state index contributed by atoms with van der Waals surface area (Å²) in [5.74, 6) is -0.355. The first-order valence-corrected chi connectivity index (χ1v) is 9.97. The SMILES string of the molecule is CC(C)Cc1ccc([C@H](C)NC(=O)COC(=O)CCNC(=O)OC(C)(C)C)cc1. The van der Waals surface area contributed by atoms with Gasteiger partial charge in [-0.3, -0.25) is 9.59 Å². The Morgan fingerprint density at radius 2 is 1.66 bits per heavy atom. The number of esters is 1. The molecule has 0 aliphatic heterocycles. The van der Waals surface area contributed by atoms with E-state index < -0.39 is 17.7 Å². The third-order valence-corrected chi connectivity index (χ3v) is 3.86. The third-order valence-electron chi connectivity index (χ3n) is 3.86. The average Bonchev–Trinajstić information content (AvgIpc) is 2.58. The second-order valence-electron chi connectivity index (χ2n) is 8.47. The molecule has 0 radical (unpaired) electrons. The molecular formula is C22H34N2O5. The molecule has 1 aromatic carbocycles. The summed E-state index contributed by atoms with van der Waals surface area (Å²) in [5, 5.41) is 5.27. The van der Waals surface area contributed by atoms with Crippen molar-refractivity contribution in [1.82, 2.24) is 10.6 Å². The van der Waals surface area contributed by atoms with Gasteiger partial charge >= 0.3 is 12.1 Å². The topological polar surface area (TPSA) is 93.7 Å². The van der Waals surface area contributed by atoms with Crippen molar-refractivity contribution in [2.75, 3.05) is 13.2 Å². The Bertz CT molecular complexity index is 677. The quantitative estimate of drug-likeness (QED) is 0.612. The Labute approximate surface area is 173 Å². The lowest BCUT2D eigenvalue weighted by Gasteiger charge is -2.19. The zero-order chi connectivity index (χ0) is 22.0. The maximum absolute atomic E-state index is 12.0. The number of amides is 2. The number of ether oxygens (including phenoxy) is 2. The van der Waals surface area contributed by atoms with Crippen LogP contribution in [0.25, 0.3) is 0 Å². The minimum Gasteiger partial charge on any atom is -0.456 e. The average molecular weight is 407 g/mol. The molecule has 7 nitrogen and oxygen atoms in total. The van der Waals surface area contributed by atoms with Crippen LogP contribution in [0, 0.1) is 5.92 Å². The Kier molecular flexibility index (Phi) is 9.65. The summed E-state index contributed by atoms with van der Waals surface area (Å²) in [7, 11) is 0. The molecule has 162 valence electrons. The number of hydrogen-bond donors (Lipinski definition) is 2. The van der Waals surface area contributed by atoms with Gasteiger partial charge in [-0.1, -0.05) is 38.1 Å². The van der Waals surface area contributed by atoms with Crippen LogP contribution < -0.4 is 10.6 Å². The number of carbonyl (C=O) groups excluding carboxylic acids is 3. The summed E-state index contributed by atoms with van der Waals surface area (Å²) in [5.41, 5.74) is 1.64. The summed E-state index contributed by atoms with van der Waals surface area (Å²) in [6.45, 7) is 11.2. The number of nitrogens with one attached hydrogen (secondary N) is 2. The smallest absolute Gasteiger partial charge is 0.407 e. The lowest BCUT2D eigenvalue weighted by atomic mass is 10.00. The van der Waals surface area contributed by atoms with Crippen LogP contribution in [0.3, 0.4) is 0 Å². The van der Waals surface area contributed by atoms with Crippen LogP contribution in [-0.2, 0) is 25.5 Å². The normalized spacial score (nSPS) is 12.2. The number of benzene rings is 1. The van der Waals surface area contributed by atoms with E-state index in [1.165, 1.54) is 5.56 Å². The standard InChI is InChI=1S/C22H34N2O5/c1-15(2)13-17-7-9-18(10-8-17)16(3)24-19(25)14-28-20(26)11-12-23-21(27)29-22(4,5)6/h7-10,15-16H,11-14H2,1-6H3,(H,23,27)(H,24,25)/t16-/m0/s1. The van der Waals surface area contributed by atoms with E-state index in [-0.39, 0.29) is 31.5 Å². The van der Waals surface area contributed by atoms with Crippen LogP contribution in [0.15, 0.2) is 24.3 Å². The first-order valence-electron chi connectivity index (χ1n) is 9.97. The van der Waals surface area contributed by atoms with Crippen molar-refractivity contribution in [3.8, 4) is 0 Å². The largest absolute Gasteiger partial charge is 0.456 e. The van der Waals surface area contributed by atoms with E-state index in [0.29, 0.717) is 5.92 Å². The van der Waals surface area contributed by atoms with Crippen molar-refractivity contribution < 1.29 is 23.9 Å². The molecule has 0 aliphatic carbocycles. The predicted molar refractivity (Wildman–Crippen MR) is 111 cm³/mol. The van der Waals surface area contributed by atoms with Crippen molar-refractivity contribution >= 4 is 18.0 Å². The van der Waals surface area contributed by atoms with Crippen LogP contribution in [0.5, 0.6) is 0 Å². The zero-order valence-electron chi connectivity index (χ0n) is 18.3. The summed E-state index contributed by atoms with van der Waals surface area (Å²) in [6, 6.07) is 7.93. The van der Waals surface area contributed by atoms with E-state index in [1.54, 1.807) is 20.8 Å². The Balaban J connectivity index is 2.30. The molecule has 7 heteroatoms. The molecule has 0 aromatic heterocycles. The maximum Gasteiger partial charge on any atom is 0.407 e. The fraction of sp³-hybridized carbons (Fsp3) is 0.591. The summed E-state index contributed by atoms with van der Waals surface area (Å²) in [6.07, 6.45) is 0.371. The lowest BCUT2D eigenvalue weighted by molar-refractivity contribution is -0.148. The van der Waals surface area contributed by atoms with E-state index in [2.05, 4.69) is 36.6 Å². The highest BCUT2D eigenvalue weighted by atomic mass is 16.6. The van der Waals surface area contributed by atoms with Gasteiger partial charge in [0.2, 0.25) is 0 Å². The lowest BCUT2D eigenvalue weighted by Crippen LogP contribution is -2.34. The number of hydrogen-bond acceptors (Lipinski definition) is 5. The molecule has 0 fully saturated rings. The molecule has 1 atom stereocenters. The van der Waals surface area contributed by atoms with Crippen molar-refractivity contribution in [2.24, 2.45) is 5.92 Å². The number of alkyl carbamates (subject to hydrolysis) is 1. The summed E-state index contributed by atoms with van der Waals surface area (Å²) >= 11 is 0. The molecule has 0 spiro atoms. The fourth-order valence-electron chi connectivity index (χ4n) is 2.58. The van der Waals surface area contributed by atoms with Crippen molar-refractivity contribution in [3.05, 3.63) is 35.4 Å². The molecule has 2 N–H and O–H groups in total. The first kappa shape index (κ1) is 24.5. The minimum absolute atomic E-state index is 0.0423.